The van der Waals surface area contributed by atoms with Gasteiger partial charge in [0.1, 0.15) is 5.75 Å². The minimum Gasteiger partial charge on any atom is -0.508 e. The summed E-state index contributed by atoms with van der Waals surface area (Å²) in [4.78, 5) is 2.63. The number of phenolic OH excluding ortho intramolecular Hbond substituents is 1. The maximum absolute atomic E-state index is 11.9. The van der Waals surface area contributed by atoms with Crippen molar-refractivity contribution in [1.82, 2.24) is 4.90 Å². The van der Waals surface area contributed by atoms with Crippen molar-refractivity contribution in [2.75, 3.05) is 13.1 Å². The summed E-state index contributed by atoms with van der Waals surface area (Å²) in [6.45, 7) is 2.29. The van der Waals surface area contributed by atoms with Crippen LogP contribution in [-0.2, 0) is 11.8 Å². The fourth-order valence-electron chi connectivity index (χ4n) is 6.32. The average molecular weight is 327 g/mol. The van der Waals surface area contributed by atoms with Gasteiger partial charge in [0.2, 0.25) is 0 Å². The molecule has 3 fully saturated rings. The van der Waals surface area contributed by atoms with E-state index < -0.39 is 5.60 Å². The normalized spacial score (nSPS) is 39.0. The molecule has 0 radical (unpaired) electrons. The maximum atomic E-state index is 11.9. The van der Waals surface area contributed by atoms with Gasteiger partial charge in [0.05, 0.1) is 5.60 Å². The molecule has 1 unspecified atom stereocenters. The number of nitrogens with zero attached hydrogens (tertiary/aromatic N) is 1. The van der Waals surface area contributed by atoms with Crippen molar-refractivity contribution in [3.8, 4) is 5.75 Å². The number of likely N-dealkylation sites (tertiary alicyclic amines) is 1. The molecule has 24 heavy (non-hydrogen) atoms. The molecule has 3 aliphatic carbocycles. The van der Waals surface area contributed by atoms with Gasteiger partial charge in [-0.1, -0.05) is 25.3 Å². The van der Waals surface area contributed by atoms with Crippen LogP contribution >= 0.6 is 0 Å². The minimum atomic E-state index is -0.603. The number of benzene rings is 1. The van der Waals surface area contributed by atoms with Gasteiger partial charge in [0.15, 0.2) is 0 Å². The van der Waals surface area contributed by atoms with Gasteiger partial charge in [0.25, 0.3) is 0 Å². The van der Waals surface area contributed by atoms with Crippen LogP contribution < -0.4 is 0 Å². The molecule has 0 spiro atoms. The lowest BCUT2D eigenvalue weighted by atomic mass is 9.49. The molecule has 5 rings (SSSR count). The lowest BCUT2D eigenvalue weighted by molar-refractivity contribution is -0.169. The Morgan fingerprint density at radius 3 is 2.71 bits per heavy atom. The van der Waals surface area contributed by atoms with Crippen LogP contribution in [0.3, 0.4) is 0 Å². The van der Waals surface area contributed by atoms with E-state index in [-0.39, 0.29) is 11.5 Å². The number of rotatable bonds is 2. The van der Waals surface area contributed by atoms with E-state index in [9.17, 15) is 10.2 Å². The Balaban J connectivity index is 1.59. The highest BCUT2D eigenvalue weighted by molar-refractivity contribution is 5.48. The van der Waals surface area contributed by atoms with Crippen LogP contribution in [0, 0.1) is 5.92 Å². The van der Waals surface area contributed by atoms with E-state index in [2.05, 4.69) is 11.0 Å². The zero-order valence-corrected chi connectivity index (χ0v) is 14.5. The highest BCUT2D eigenvalue weighted by Gasteiger charge is 2.63. The average Bonchev–Trinajstić information content (AvgIpc) is 2.53. The predicted molar refractivity (Wildman–Crippen MR) is 94.2 cm³/mol. The maximum Gasteiger partial charge on any atom is 0.115 e. The lowest BCUT2D eigenvalue weighted by Crippen LogP contribution is -2.72. The molecule has 1 aromatic rings. The number of hydrogen-bond acceptors (Lipinski definition) is 3. The second-order valence-electron chi connectivity index (χ2n) is 8.82. The molecule has 4 aliphatic rings. The first kappa shape index (κ1) is 15.2. The van der Waals surface area contributed by atoms with Gasteiger partial charge >= 0.3 is 0 Å². The summed E-state index contributed by atoms with van der Waals surface area (Å²) in [7, 11) is 0. The van der Waals surface area contributed by atoms with Crippen molar-refractivity contribution in [2.45, 2.75) is 74.8 Å². The molecule has 3 atom stereocenters. The second kappa shape index (κ2) is 5.22. The third-order valence-electron chi connectivity index (χ3n) is 7.80. The first-order chi connectivity index (χ1) is 11.6. The van der Waals surface area contributed by atoms with Crippen LogP contribution in [0.15, 0.2) is 18.2 Å². The van der Waals surface area contributed by atoms with Crippen molar-refractivity contribution in [3.63, 3.8) is 0 Å². The molecule has 1 aliphatic heterocycles. The van der Waals surface area contributed by atoms with Crippen molar-refractivity contribution in [1.29, 1.82) is 0 Å². The Kier molecular flexibility index (Phi) is 3.31. The van der Waals surface area contributed by atoms with Gasteiger partial charge in [-0.25, -0.2) is 0 Å². The number of fused-ring (bicyclic) bond motifs is 1. The monoisotopic (exact) mass is 327 g/mol. The Bertz CT molecular complexity index is 655. The third kappa shape index (κ3) is 1.91. The summed E-state index contributed by atoms with van der Waals surface area (Å²) in [5.74, 6) is 1.21. The highest BCUT2D eigenvalue weighted by Crippen LogP contribution is 2.58. The van der Waals surface area contributed by atoms with E-state index in [1.165, 1.54) is 43.4 Å². The lowest BCUT2D eigenvalue weighted by Gasteiger charge is -2.64. The van der Waals surface area contributed by atoms with Crippen molar-refractivity contribution in [2.24, 2.45) is 5.92 Å². The van der Waals surface area contributed by atoms with E-state index >= 15 is 0 Å². The molecule has 1 heterocycles. The van der Waals surface area contributed by atoms with Crippen molar-refractivity contribution >= 4 is 0 Å². The summed E-state index contributed by atoms with van der Waals surface area (Å²) < 4.78 is 0. The molecular formula is C21H29NO2. The third-order valence-corrected chi connectivity index (χ3v) is 7.80. The smallest absolute Gasteiger partial charge is 0.115 e. The Hall–Kier alpha value is -1.06. The van der Waals surface area contributed by atoms with Gasteiger partial charge in [-0.15, -0.1) is 0 Å². The van der Waals surface area contributed by atoms with E-state index in [1.807, 2.05) is 12.1 Å². The fraction of sp³-hybridized carbons (Fsp3) is 0.714. The van der Waals surface area contributed by atoms with Gasteiger partial charge in [-0.2, -0.15) is 0 Å². The van der Waals surface area contributed by atoms with E-state index in [0.717, 1.165) is 44.6 Å². The number of piperidine rings is 1. The van der Waals surface area contributed by atoms with Crippen LogP contribution in [-0.4, -0.2) is 39.8 Å². The predicted octanol–water partition coefficient (Wildman–Crippen LogP) is 3.37. The topological polar surface area (TPSA) is 43.7 Å². The molecule has 130 valence electrons. The zero-order chi connectivity index (χ0) is 16.4. The molecule has 2 N–H and O–H groups in total. The highest BCUT2D eigenvalue weighted by atomic mass is 16.3. The van der Waals surface area contributed by atoms with Crippen LogP contribution in [0.5, 0.6) is 5.75 Å². The summed E-state index contributed by atoms with van der Waals surface area (Å²) in [5.41, 5.74) is 1.89. The fourth-order valence-corrected chi connectivity index (χ4v) is 6.32. The van der Waals surface area contributed by atoms with Gasteiger partial charge in [-0.05, 0) is 74.2 Å². The Labute approximate surface area is 144 Å². The first-order valence-electron chi connectivity index (χ1n) is 9.91. The van der Waals surface area contributed by atoms with Gasteiger partial charge in [0, 0.05) is 18.0 Å². The number of aliphatic hydroxyl groups is 1. The standard InChI is InChI=1S/C21H29NO2/c23-17-7-6-16-12-19-21(24)9-2-1-8-20(21,18(16)13-17)10-11-22(19)14-15-4-3-5-15/h6-7,13,15,19,23-24H,1-5,8-12,14H2/t19-,20+,21?/m1/s1. The second-order valence-corrected chi connectivity index (χ2v) is 8.82. The van der Waals surface area contributed by atoms with E-state index in [0.29, 0.717) is 5.75 Å². The molecular weight excluding hydrogens is 298 g/mol. The molecule has 1 aromatic carbocycles. The van der Waals surface area contributed by atoms with Crippen molar-refractivity contribution < 1.29 is 10.2 Å². The molecule has 1 saturated heterocycles. The Morgan fingerprint density at radius 2 is 1.92 bits per heavy atom. The number of hydrogen-bond donors (Lipinski definition) is 2. The largest absolute Gasteiger partial charge is 0.508 e. The molecule has 3 heteroatoms. The van der Waals surface area contributed by atoms with E-state index in [1.54, 1.807) is 0 Å². The van der Waals surface area contributed by atoms with Crippen LogP contribution in [0.4, 0.5) is 0 Å². The van der Waals surface area contributed by atoms with Gasteiger partial charge < -0.3 is 10.2 Å². The summed E-state index contributed by atoms with van der Waals surface area (Å²) >= 11 is 0. The van der Waals surface area contributed by atoms with E-state index in [4.69, 9.17) is 0 Å². The zero-order valence-electron chi connectivity index (χ0n) is 14.5. The van der Waals surface area contributed by atoms with Crippen LogP contribution in [0.2, 0.25) is 0 Å². The minimum absolute atomic E-state index is 0.127. The number of phenols is 1. The molecule has 0 amide bonds. The summed E-state index contributed by atoms with van der Waals surface area (Å²) in [6.07, 6.45) is 10.5. The van der Waals surface area contributed by atoms with Crippen LogP contribution in [0.1, 0.15) is 62.5 Å². The summed E-state index contributed by atoms with van der Waals surface area (Å²) in [6, 6.07) is 6.17. The Morgan fingerprint density at radius 1 is 1.08 bits per heavy atom. The van der Waals surface area contributed by atoms with Crippen LogP contribution in [0.25, 0.3) is 0 Å². The number of aromatic hydroxyl groups is 1. The summed E-state index contributed by atoms with van der Waals surface area (Å²) in [5, 5.41) is 22.0. The first-order valence-corrected chi connectivity index (χ1v) is 9.91. The van der Waals surface area contributed by atoms with Crippen molar-refractivity contribution in [3.05, 3.63) is 29.3 Å². The SMILES string of the molecule is Oc1ccc2c(c1)[C@@]13CCCCC1(O)[C@@H](C2)N(CC1CCC1)CC3. The quantitative estimate of drug-likeness (QED) is 0.875. The molecule has 3 nitrogen and oxygen atoms in total. The molecule has 2 saturated carbocycles. The molecule has 2 bridgehead atoms. The molecule has 0 aromatic heterocycles. The van der Waals surface area contributed by atoms with Gasteiger partial charge in [-0.3, -0.25) is 4.90 Å².